The van der Waals surface area contributed by atoms with Gasteiger partial charge < -0.3 is 0 Å². The van der Waals surface area contributed by atoms with Gasteiger partial charge in [0, 0.05) is 16.1 Å². The predicted octanol–water partition coefficient (Wildman–Crippen LogP) is 5.02. The lowest BCUT2D eigenvalue weighted by Crippen LogP contribution is -2.03. The largest absolute Gasteiger partial charge is 0.288 e. The SMILES string of the molecule is O=C(c1ccc(Cl)cc1Cl)c1cc(F)ccc1Cl. The van der Waals surface area contributed by atoms with Gasteiger partial charge in [0.1, 0.15) is 5.82 Å². The van der Waals surface area contributed by atoms with Crippen molar-refractivity contribution in [1.82, 2.24) is 0 Å². The number of carbonyl (C=O) groups excluding carboxylic acids is 1. The summed E-state index contributed by atoms with van der Waals surface area (Å²) in [5, 5.41) is 0.794. The fraction of sp³-hybridized carbons (Fsp3) is 0. The summed E-state index contributed by atoms with van der Waals surface area (Å²) in [6, 6.07) is 8.05. The normalized spacial score (nSPS) is 10.4. The maximum Gasteiger partial charge on any atom is 0.196 e. The standard InChI is InChI=1S/C13H6Cl3FO/c14-7-1-3-9(12(16)5-7)13(18)10-6-8(17)2-4-11(10)15/h1-6H. The molecule has 0 aliphatic heterocycles. The Labute approximate surface area is 118 Å². The molecule has 2 aromatic carbocycles. The maximum absolute atomic E-state index is 13.1. The molecule has 0 aliphatic rings. The molecule has 0 saturated carbocycles. The molecule has 0 N–H and O–H groups in total. The zero-order valence-electron chi connectivity index (χ0n) is 8.88. The Bertz CT molecular complexity index is 626. The number of hydrogen-bond acceptors (Lipinski definition) is 1. The molecule has 18 heavy (non-hydrogen) atoms. The highest BCUT2D eigenvalue weighted by molar-refractivity contribution is 6.39. The fourth-order valence-corrected chi connectivity index (χ4v) is 2.19. The van der Waals surface area contributed by atoms with Crippen LogP contribution in [0.3, 0.4) is 0 Å². The molecule has 0 atom stereocenters. The predicted molar refractivity (Wildman–Crippen MR) is 71.3 cm³/mol. The Morgan fingerprint density at radius 2 is 1.61 bits per heavy atom. The number of rotatable bonds is 2. The maximum atomic E-state index is 13.1. The van der Waals surface area contributed by atoms with E-state index in [1.165, 1.54) is 30.3 Å². The fourth-order valence-electron chi connectivity index (χ4n) is 1.49. The average Bonchev–Trinajstić information content (AvgIpc) is 2.31. The van der Waals surface area contributed by atoms with Gasteiger partial charge in [0.05, 0.1) is 10.0 Å². The molecule has 0 saturated heterocycles. The Balaban J connectivity index is 2.51. The Morgan fingerprint density at radius 3 is 2.28 bits per heavy atom. The first kappa shape index (κ1) is 13.3. The van der Waals surface area contributed by atoms with E-state index in [9.17, 15) is 9.18 Å². The van der Waals surface area contributed by atoms with Gasteiger partial charge in [0.25, 0.3) is 0 Å². The number of carbonyl (C=O) groups is 1. The number of ketones is 1. The summed E-state index contributed by atoms with van der Waals surface area (Å²) in [5.74, 6) is -0.978. The number of benzene rings is 2. The van der Waals surface area contributed by atoms with Crippen molar-refractivity contribution in [3.63, 3.8) is 0 Å². The van der Waals surface area contributed by atoms with Crippen molar-refractivity contribution in [2.45, 2.75) is 0 Å². The first-order chi connectivity index (χ1) is 8.49. The lowest BCUT2D eigenvalue weighted by molar-refractivity contribution is 0.103. The molecule has 0 aliphatic carbocycles. The van der Waals surface area contributed by atoms with Crippen molar-refractivity contribution in [1.29, 1.82) is 0 Å². The molecule has 0 bridgehead atoms. The van der Waals surface area contributed by atoms with E-state index in [-0.39, 0.29) is 21.2 Å². The van der Waals surface area contributed by atoms with Gasteiger partial charge in [-0.2, -0.15) is 0 Å². The highest BCUT2D eigenvalue weighted by Gasteiger charge is 2.16. The molecule has 0 amide bonds. The summed E-state index contributed by atoms with van der Waals surface area (Å²) in [6.45, 7) is 0. The summed E-state index contributed by atoms with van der Waals surface area (Å²) in [7, 11) is 0. The molecule has 0 heterocycles. The minimum atomic E-state index is -0.534. The Hall–Kier alpha value is -1.09. The summed E-state index contributed by atoms with van der Waals surface area (Å²) in [6.07, 6.45) is 0. The van der Waals surface area contributed by atoms with E-state index >= 15 is 0 Å². The second kappa shape index (κ2) is 5.27. The van der Waals surface area contributed by atoms with E-state index in [0.29, 0.717) is 5.02 Å². The van der Waals surface area contributed by atoms with Crippen LogP contribution in [0, 0.1) is 5.82 Å². The smallest absolute Gasteiger partial charge is 0.196 e. The van der Waals surface area contributed by atoms with Crippen LogP contribution >= 0.6 is 34.8 Å². The van der Waals surface area contributed by atoms with E-state index in [1.807, 2.05) is 0 Å². The third-order valence-electron chi connectivity index (χ3n) is 2.35. The van der Waals surface area contributed by atoms with Crippen molar-refractivity contribution in [2.75, 3.05) is 0 Å². The monoisotopic (exact) mass is 302 g/mol. The van der Waals surface area contributed by atoms with Crippen molar-refractivity contribution in [3.05, 3.63) is 68.4 Å². The van der Waals surface area contributed by atoms with E-state index in [2.05, 4.69) is 0 Å². The highest BCUT2D eigenvalue weighted by Crippen LogP contribution is 2.26. The second-order valence-corrected chi connectivity index (χ2v) is 4.83. The van der Waals surface area contributed by atoms with Crippen LogP contribution in [0.25, 0.3) is 0 Å². The first-order valence-corrected chi connectivity index (χ1v) is 6.07. The van der Waals surface area contributed by atoms with Gasteiger partial charge in [0.15, 0.2) is 5.78 Å². The summed E-state index contributed by atoms with van der Waals surface area (Å²) >= 11 is 17.5. The zero-order valence-corrected chi connectivity index (χ0v) is 11.2. The lowest BCUT2D eigenvalue weighted by atomic mass is 10.0. The molecule has 0 spiro atoms. The molecular formula is C13H6Cl3FO. The third-order valence-corrected chi connectivity index (χ3v) is 3.23. The molecule has 0 unspecified atom stereocenters. The van der Waals surface area contributed by atoms with Gasteiger partial charge in [-0.05, 0) is 36.4 Å². The Morgan fingerprint density at radius 1 is 0.889 bits per heavy atom. The lowest BCUT2D eigenvalue weighted by Gasteiger charge is -2.06. The first-order valence-electron chi connectivity index (χ1n) is 4.94. The molecule has 5 heteroatoms. The van der Waals surface area contributed by atoms with Crippen LogP contribution in [0.1, 0.15) is 15.9 Å². The van der Waals surface area contributed by atoms with Crippen LogP contribution < -0.4 is 0 Å². The van der Waals surface area contributed by atoms with Crippen molar-refractivity contribution in [2.24, 2.45) is 0 Å². The summed E-state index contributed by atoms with van der Waals surface area (Å²) in [4.78, 5) is 12.2. The van der Waals surface area contributed by atoms with Crippen LogP contribution in [0.4, 0.5) is 4.39 Å². The van der Waals surface area contributed by atoms with E-state index in [4.69, 9.17) is 34.8 Å². The van der Waals surface area contributed by atoms with Gasteiger partial charge in [0.2, 0.25) is 0 Å². The van der Waals surface area contributed by atoms with Crippen molar-refractivity contribution < 1.29 is 9.18 Å². The zero-order chi connectivity index (χ0) is 13.3. The molecule has 0 aromatic heterocycles. The summed E-state index contributed by atoms with van der Waals surface area (Å²) in [5.41, 5.74) is 0.300. The van der Waals surface area contributed by atoms with E-state index in [1.54, 1.807) is 0 Å². The van der Waals surface area contributed by atoms with Gasteiger partial charge in [-0.25, -0.2) is 4.39 Å². The molecule has 0 fully saturated rings. The van der Waals surface area contributed by atoms with Crippen LogP contribution in [-0.4, -0.2) is 5.78 Å². The highest BCUT2D eigenvalue weighted by atomic mass is 35.5. The van der Waals surface area contributed by atoms with E-state index in [0.717, 1.165) is 6.07 Å². The minimum Gasteiger partial charge on any atom is -0.288 e. The van der Waals surface area contributed by atoms with Gasteiger partial charge in [-0.3, -0.25) is 4.79 Å². The van der Waals surface area contributed by atoms with Crippen LogP contribution in [0.5, 0.6) is 0 Å². The molecule has 2 rings (SSSR count). The third kappa shape index (κ3) is 2.66. The molecule has 2 aromatic rings. The van der Waals surface area contributed by atoms with Gasteiger partial charge in [-0.15, -0.1) is 0 Å². The number of halogens is 4. The molecular weight excluding hydrogens is 297 g/mol. The average molecular weight is 304 g/mol. The number of hydrogen-bond donors (Lipinski definition) is 0. The molecule has 92 valence electrons. The molecule has 0 radical (unpaired) electrons. The van der Waals surface area contributed by atoms with Gasteiger partial charge in [-0.1, -0.05) is 34.8 Å². The van der Waals surface area contributed by atoms with Crippen LogP contribution in [0.15, 0.2) is 36.4 Å². The minimum absolute atomic E-state index is 0.0703. The quantitative estimate of drug-likeness (QED) is 0.712. The molecule has 1 nitrogen and oxygen atoms in total. The Kier molecular flexibility index (Phi) is 3.91. The summed E-state index contributed by atoms with van der Waals surface area (Å²) < 4.78 is 13.1. The second-order valence-electron chi connectivity index (χ2n) is 3.58. The van der Waals surface area contributed by atoms with E-state index < -0.39 is 11.6 Å². The van der Waals surface area contributed by atoms with Crippen LogP contribution in [0.2, 0.25) is 15.1 Å². The van der Waals surface area contributed by atoms with Gasteiger partial charge >= 0.3 is 0 Å². The van der Waals surface area contributed by atoms with Crippen molar-refractivity contribution >= 4 is 40.6 Å². The van der Waals surface area contributed by atoms with Crippen LogP contribution in [-0.2, 0) is 0 Å². The topological polar surface area (TPSA) is 17.1 Å². The van der Waals surface area contributed by atoms with Crippen molar-refractivity contribution in [3.8, 4) is 0 Å².